The van der Waals surface area contributed by atoms with E-state index in [1.54, 1.807) is 20.2 Å². The van der Waals surface area contributed by atoms with Gasteiger partial charge in [-0.25, -0.2) is 9.78 Å². The lowest BCUT2D eigenvalue weighted by Gasteiger charge is -2.31. The number of rotatable bonds is 3. The monoisotopic (exact) mass is 372 g/mol. The van der Waals surface area contributed by atoms with E-state index < -0.39 is 0 Å². The number of anilines is 1. The Kier molecular flexibility index (Phi) is 3.85. The molecule has 1 aliphatic heterocycles. The van der Waals surface area contributed by atoms with E-state index in [0.717, 1.165) is 15.7 Å². The molecule has 1 aromatic heterocycles. The van der Waals surface area contributed by atoms with Crippen molar-refractivity contribution in [3.63, 3.8) is 0 Å². The number of urea groups is 1. The van der Waals surface area contributed by atoms with Gasteiger partial charge in [0.15, 0.2) is 5.82 Å². The van der Waals surface area contributed by atoms with Gasteiger partial charge in [-0.3, -0.25) is 9.80 Å². The zero-order valence-corrected chi connectivity index (χ0v) is 14.7. The van der Waals surface area contributed by atoms with E-state index in [1.807, 2.05) is 22.8 Å². The Bertz CT molecular complexity index is 824. The Morgan fingerprint density at radius 1 is 1.30 bits per heavy atom. The maximum atomic E-state index is 12.2. The lowest BCUT2D eigenvalue weighted by atomic mass is 10.2. The molecular formula is C17H17BrN4O. The summed E-state index contributed by atoms with van der Waals surface area (Å²) in [4.78, 5) is 19.8. The predicted octanol–water partition coefficient (Wildman–Crippen LogP) is 3.81. The van der Waals surface area contributed by atoms with Crippen molar-refractivity contribution >= 4 is 39.6 Å². The molecule has 5 nitrogen and oxygen atoms in total. The summed E-state index contributed by atoms with van der Waals surface area (Å²) < 4.78 is 3.05. The molecule has 0 atom stereocenters. The van der Waals surface area contributed by atoms with Crippen LogP contribution in [0.15, 0.2) is 41.9 Å². The Morgan fingerprint density at radius 3 is 2.70 bits per heavy atom. The highest BCUT2D eigenvalue weighted by Gasteiger charge is 2.33. The summed E-state index contributed by atoms with van der Waals surface area (Å²) >= 11 is 3.49. The second-order valence-corrected chi connectivity index (χ2v) is 6.33. The number of halogens is 1. The van der Waals surface area contributed by atoms with Gasteiger partial charge in [-0.1, -0.05) is 41.2 Å². The number of aromatic nitrogens is 2. The number of imidazole rings is 1. The molecule has 2 amide bonds. The van der Waals surface area contributed by atoms with Crippen molar-refractivity contribution in [2.75, 3.05) is 19.0 Å². The van der Waals surface area contributed by atoms with E-state index >= 15 is 0 Å². The Morgan fingerprint density at radius 2 is 2.04 bits per heavy atom. The zero-order chi connectivity index (χ0) is 16.7. The number of carbonyl (C=O) groups is 1. The fraction of sp³-hybridized carbons (Fsp3) is 0.176. The molecule has 2 aromatic rings. The van der Waals surface area contributed by atoms with Crippen molar-refractivity contribution in [3.05, 3.63) is 59.0 Å². The number of amides is 2. The standard InChI is InChI=1S/C17H17BrN4O/c1-5-14-19-16-15(11(2)20(3)17(23)21(16)4)22(14)10-12-7-6-8-13(18)9-12/h5-9H,1-2,10H2,3-4H3. The van der Waals surface area contributed by atoms with Gasteiger partial charge in [0.05, 0.1) is 5.70 Å². The molecule has 0 saturated heterocycles. The fourth-order valence-corrected chi connectivity index (χ4v) is 3.15. The van der Waals surface area contributed by atoms with Crippen molar-refractivity contribution < 1.29 is 4.79 Å². The molecule has 2 heterocycles. The van der Waals surface area contributed by atoms with Gasteiger partial charge in [0, 0.05) is 25.1 Å². The molecule has 0 unspecified atom stereocenters. The average Bonchev–Trinajstić information content (AvgIpc) is 2.89. The van der Waals surface area contributed by atoms with Crippen LogP contribution >= 0.6 is 15.9 Å². The maximum absolute atomic E-state index is 12.2. The summed E-state index contributed by atoms with van der Waals surface area (Å²) in [5.41, 5.74) is 2.60. The molecule has 23 heavy (non-hydrogen) atoms. The van der Waals surface area contributed by atoms with E-state index in [-0.39, 0.29) is 6.03 Å². The fourth-order valence-electron chi connectivity index (χ4n) is 2.70. The normalized spacial score (nSPS) is 14.2. The molecule has 0 saturated carbocycles. The smallest absolute Gasteiger partial charge is 0.317 e. The molecular weight excluding hydrogens is 356 g/mol. The van der Waals surface area contributed by atoms with Crippen LogP contribution in [0.25, 0.3) is 11.8 Å². The first kappa shape index (κ1) is 15.6. The minimum absolute atomic E-state index is 0.148. The lowest BCUT2D eigenvalue weighted by molar-refractivity contribution is 0.230. The van der Waals surface area contributed by atoms with Crippen LogP contribution < -0.4 is 4.90 Å². The van der Waals surface area contributed by atoms with E-state index in [2.05, 4.69) is 40.1 Å². The van der Waals surface area contributed by atoms with Crippen molar-refractivity contribution in [2.45, 2.75) is 6.54 Å². The average molecular weight is 373 g/mol. The van der Waals surface area contributed by atoms with Gasteiger partial charge in [-0.15, -0.1) is 0 Å². The molecule has 0 fully saturated rings. The first-order chi connectivity index (χ1) is 10.9. The maximum Gasteiger partial charge on any atom is 0.329 e. The molecule has 0 bridgehead atoms. The van der Waals surface area contributed by atoms with E-state index in [4.69, 9.17) is 0 Å². The molecule has 6 heteroatoms. The van der Waals surface area contributed by atoms with Gasteiger partial charge in [0.25, 0.3) is 0 Å². The van der Waals surface area contributed by atoms with Crippen LogP contribution in [-0.2, 0) is 6.54 Å². The second-order valence-electron chi connectivity index (χ2n) is 5.41. The van der Waals surface area contributed by atoms with E-state index in [9.17, 15) is 4.79 Å². The molecule has 1 aliphatic rings. The third-order valence-corrected chi connectivity index (χ3v) is 4.45. The zero-order valence-electron chi connectivity index (χ0n) is 13.1. The summed E-state index contributed by atoms with van der Waals surface area (Å²) in [5, 5.41) is 0. The van der Waals surface area contributed by atoms with Crippen LogP contribution in [0.2, 0.25) is 0 Å². The Balaban J connectivity index is 2.14. The summed E-state index contributed by atoms with van der Waals surface area (Å²) in [6.07, 6.45) is 1.70. The van der Waals surface area contributed by atoms with Gasteiger partial charge in [0.1, 0.15) is 11.5 Å². The molecule has 0 N–H and O–H groups in total. The third-order valence-electron chi connectivity index (χ3n) is 3.96. The van der Waals surface area contributed by atoms with Crippen molar-refractivity contribution in [1.29, 1.82) is 0 Å². The molecule has 118 valence electrons. The predicted molar refractivity (Wildman–Crippen MR) is 96.2 cm³/mol. The number of benzene rings is 1. The number of hydrogen-bond donors (Lipinski definition) is 0. The SMILES string of the molecule is C=Cc1nc2c(n1Cc1cccc(Br)c1)C(=C)N(C)C(=O)N2C. The summed E-state index contributed by atoms with van der Waals surface area (Å²) in [5.74, 6) is 1.33. The van der Waals surface area contributed by atoms with Crippen molar-refractivity contribution in [3.8, 4) is 0 Å². The first-order valence-electron chi connectivity index (χ1n) is 7.12. The Hall–Kier alpha value is -2.34. The first-order valence-corrected chi connectivity index (χ1v) is 7.91. The van der Waals surface area contributed by atoms with Crippen molar-refractivity contribution in [2.24, 2.45) is 0 Å². The minimum Gasteiger partial charge on any atom is -0.317 e. The van der Waals surface area contributed by atoms with Crippen LogP contribution in [0.5, 0.6) is 0 Å². The number of carbonyl (C=O) groups excluding carboxylic acids is 1. The minimum atomic E-state index is -0.148. The van der Waals surface area contributed by atoms with Gasteiger partial charge in [0.2, 0.25) is 0 Å². The van der Waals surface area contributed by atoms with Crippen LogP contribution in [0.3, 0.4) is 0 Å². The molecule has 3 rings (SSSR count). The highest BCUT2D eigenvalue weighted by atomic mass is 79.9. The largest absolute Gasteiger partial charge is 0.329 e. The molecule has 0 spiro atoms. The lowest BCUT2D eigenvalue weighted by Crippen LogP contribution is -2.42. The topological polar surface area (TPSA) is 41.4 Å². The van der Waals surface area contributed by atoms with Crippen LogP contribution in [0, 0.1) is 0 Å². The summed E-state index contributed by atoms with van der Waals surface area (Å²) in [6, 6.07) is 7.94. The molecule has 0 aliphatic carbocycles. The summed E-state index contributed by atoms with van der Waals surface area (Å²) in [6.45, 7) is 8.53. The van der Waals surface area contributed by atoms with E-state index in [1.165, 1.54) is 9.80 Å². The quantitative estimate of drug-likeness (QED) is 0.821. The molecule has 0 radical (unpaired) electrons. The number of fused-ring (bicyclic) bond motifs is 1. The summed E-state index contributed by atoms with van der Waals surface area (Å²) in [7, 11) is 3.43. The number of nitrogens with zero attached hydrogens (tertiary/aromatic N) is 4. The van der Waals surface area contributed by atoms with E-state index in [0.29, 0.717) is 23.9 Å². The van der Waals surface area contributed by atoms with Gasteiger partial charge in [-0.05, 0) is 23.8 Å². The number of hydrogen-bond acceptors (Lipinski definition) is 2. The van der Waals surface area contributed by atoms with Crippen LogP contribution in [0.1, 0.15) is 17.1 Å². The van der Waals surface area contributed by atoms with Crippen molar-refractivity contribution in [1.82, 2.24) is 14.5 Å². The Labute approximate surface area is 143 Å². The van der Waals surface area contributed by atoms with Gasteiger partial charge >= 0.3 is 6.03 Å². The second kappa shape index (κ2) is 5.70. The third kappa shape index (κ3) is 2.49. The van der Waals surface area contributed by atoms with Crippen LogP contribution in [-0.4, -0.2) is 34.6 Å². The van der Waals surface area contributed by atoms with Crippen LogP contribution in [0.4, 0.5) is 10.6 Å². The van der Waals surface area contributed by atoms with Gasteiger partial charge < -0.3 is 4.57 Å². The highest BCUT2D eigenvalue weighted by molar-refractivity contribution is 9.10. The highest BCUT2D eigenvalue weighted by Crippen LogP contribution is 2.34. The molecule has 1 aromatic carbocycles. The van der Waals surface area contributed by atoms with Gasteiger partial charge in [-0.2, -0.15) is 0 Å².